The van der Waals surface area contributed by atoms with Gasteiger partial charge < -0.3 is 5.32 Å². The van der Waals surface area contributed by atoms with Gasteiger partial charge in [0.25, 0.3) is 5.91 Å². The first-order valence-electron chi connectivity index (χ1n) is 7.63. The topological polar surface area (TPSA) is 84.0 Å². The standard InChI is InChI=1S/C17H14N4O2S2/c1-8-15(25-9(2)18-8)16(23)21-17-20-13(7-24-17)10-3-4-12-11(5-10)6-14(22)19-12/h3-5,7H,6H2,1-2H3,(H,19,22)(H,20,21,23). The lowest BCUT2D eigenvalue weighted by Gasteiger charge is -2.02. The zero-order chi connectivity index (χ0) is 17.6. The smallest absolute Gasteiger partial charge is 0.269 e. The number of nitrogens with one attached hydrogen (secondary N) is 2. The molecule has 0 radical (unpaired) electrons. The summed E-state index contributed by atoms with van der Waals surface area (Å²) in [6, 6.07) is 5.77. The van der Waals surface area contributed by atoms with Gasteiger partial charge in [-0.25, -0.2) is 9.97 Å². The quantitative estimate of drug-likeness (QED) is 0.737. The van der Waals surface area contributed by atoms with Crippen LogP contribution in [0.5, 0.6) is 0 Å². The summed E-state index contributed by atoms with van der Waals surface area (Å²) in [5, 5.41) is 8.95. The van der Waals surface area contributed by atoms with E-state index in [1.54, 1.807) is 0 Å². The van der Waals surface area contributed by atoms with Crippen molar-refractivity contribution < 1.29 is 9.59 Å². The molecule has 0 bridgehead atoms. The van der Waals surface area contributed by atoms with Gasteiger partial charge in [0.2, 0.25) is 5.91 Å². The van der Waals surface area contributed by atoms with Crippen LogP contribution in [-0.4, -0.2) is 21.8 Å². The zero-order valence-electron chi connectivity index (χ0n) is 13.5. The number of carbonyl (C=O) groups excluding carboxylic acids is 2. The SMILES string of the molecule is Cc1nc(C)c(C(=O)Nc2nc(-c3ccc4c(c3)CC(=O)N4)cs2)s1. The molecular weight excluding hydrogens is 356 g/mol. The van der Waals surface area contributed by atoms with Crippen LogP contribution >= 0.6 is 22.7 Å². The maximum atomic E-state index is 12.4. The number of hydrogen-bond donors (Lipinski definition) is 2. The molecule has 3 heterocycles. The molecule has 1 aliphatic heterocycles. The normalized spacial score (nSPS) is 12.8. The number of rotatable bonds is 3. The Bertz CT molecular complexity index is 1010. The van der Waals surface area contributed by atoms with E-state index >= 15 is 0 Å². The number of benzene rings is 1. The first-order chi connectivity index (χ1) is 12.0. The number of nitrogens with zero attached hydrogens (tertiary/aromatic N) is 2. The van der Waals surface area contributed by atoms with E-state index in [9.17, 15) is 9.59 Å². The molecule has 2 aromatic heterocycles. The molecule has 0 saturated carbocycles. The summed E-state index contributed by atoms with van der Waals surface area (Å²) in [5.74, 6) is -0.179. The van der Waals surface area contributed by atoms with Crippen LogP contribution in [-0.2, 0) is 11.2 Å². The number of thiazole rings is 2. The Hall–Kier alpha value is -2.58. The molecule has 25 heavy (non-hydrogen) atoms. The van der Waals surface area contributed by atoms with E-state index in [0.29, 0.717) is 16.4 Å². The van der Waals surface area contributed by atoms with Gasteiger partial charge in [-0.15, -0.1) is 22.7 Å². The second-order valence-corrected chi connectivity index (χ2v) is 7.80. The minimum absolute atomic E-state index is 0.00796. The molecule has 6 nitrogen and oxygen atoms in total. The lowest BCUT2D eigenvalue weighted by atomic mass is 10.1. The van der Waals surface area contributed by atoms with E-state index in [0.717, 1.165) is 33.2 Å². The number of anilines is 2. The predicted molar refractivity (Wildman–Crippen MR) is 99.4 cm³/mol. The molecule has 0 saturated heterocycles. The molecule has 0 spiro atoms. The van der Waals surface area contributed by atoms with E-state index < -0.39 is 0 Å². The van der Waals surface area contributed by atoms with Gasteiger partial charge in [0.15, 0.2) is 5.13 Å². The van der Waals surface area contributed by atoms with Gasteiger partial charge in [-0.3, -0.25) is 14.9 Å². The van der Waals surface area contributed by atoms with Crippen molar-refractivity contribution in [3.63, 3.8) is 0 Å². The van der Waals surface area contributed by atoms with Gasteiger partial charge in [-0.05, 0) is 31.5 Å². The Morgan fingerprint density at radius 1 is 1.28 bits per heavy atom. The Balaban J connectivity index is 1.55. The summed E-state index contributed by atoms with van der Waals surface area (Å²) in [4.78, 5) is 33.2. The number of aryl methyl sites for hydroxylation is 2. The molecule has 0 fully saturated rings. The van der Waals surface area contributed by atoms with Crippen molar-refractivity contribution in [3.05, 3.63) is 44.7 Å². The van der Waals surface area contributed by atoms with Crippen molar-refractivity contribution in [1.82, 2.24) is 9.97 Å². The minimum Gasteiger partial charge on any atom is -0.326 e. The highest BCUT2D eigenvalue weighted by molar-refractivity contribution is 7.15. The average molecular weight is 370 g/mol. The third-order valence-corrected chi connectivity index (χ3v) is 5.69. The van der Waals surface area contributed by atoms with E-state index in [4.69, 9.17) is 0 Å². The minimum atomic E-state index is -0.187. The molecule has 3 aromatic rings. The number of hydrogen-bond acceptors (Lipinski definition) is 6. The van der Waals surface area contributed by atoms with Crippen LogP contribution in [0.3, 0.4) is 0 Å². The van der Waals surface area contributed by atoms with Gasteiger partial charge >= 0.3 is 0 Å². The fraction of sp³-hybridized carbons (Fsp3) is 0.176. The molecular formula is C17H14N4O2S2. The van der Waals surface area contributed by atoms with E-state index in [-0.39, 0.29) is 11.8 Å². The second kappa shape index (κ2) is 6.05. The molecule has 4 rings (SSSR count). The average Bonchev–Trinajstić information content (AvgIpc) is 3.24. The van der Waals surface area contributed by atoms with Gasteiger partial charge in [0.05, 0.1) is 22.8 Å². The molecule has 2 amide bonds. The van der Waals surface area contributed by atoms with Crippen molar-refractivity contribution in [2.24, 2.45) is 0 Å². The van der Waals surface area contributed by atoms with Crippen LogP contribution < -0.4 is 10.6 Å². The maximum Gasteiger partial charge on any atom is 0.269 e. The first-order valence-corrected chi connectivity index (χ1v) is 9.33. The summed E-state index contributed by atoms with van der Waals surface area (Å²) in [6.07, 6.45) is 0.390. The van der Waals surface area contributed by atoms with Crippen molar-refractivity contribution in [3.8, 4) is 11.3 Å². The highest BCUT2D eigenvalue weighted by Crippen LogP contribution is 2.31. The van der Waals surface area contributed by atoms with Crippen LogP contribution in [0.15, 0.2) is 23.6 Å². The molecule has 0 unspecified atom stereocenters. The number of amides is 2. The lowest BCUT2D eigenvalue weighted by molar-refractivity contribution is -0.115. The first kappa shape index (κ1) is 15.9. The summed E-state index contributed by atoms with van der Waals surface area (Å²) in [5.41, 5.74) is 4.26. The van der Waals surface area contributed by atoms with Crippen LogP contribution in [0.1, 0.15) is 25.9 Å². The molecule has 2 N–H and O–H groups in total. The predicted octanol–water partition coefficient (Wildman–Crippen LogP) is 3.63. The molecule has 0 atom stereocenters. The van der Waals surface area contributed by atoms with E-state index in [2.05, 4.69) is 20.6 Å². The van der Waals surface area contributed by atoms with E-state index in [1.807, 2.05) is 37.4 Å². The largest absolute Gasteiger partial charge is 0.326 e. The summed E-state index contributed by atoms with van der Waals surface area (Å²) in [6.45, 7) is 3.70. The van der Waals surface area contributed by atoms with E-state index in [1.165, 1.54) is 22.7 Å². The van der Waals surface area contributed by atoms with Crippen molar-refractivity contribution in [1.29, 1.82) is 0 Å². The third kappa shape index (κ3) is 3.06. The van der Waals surface area contributed by atoms with Crippen molar-refractivity contribution in [2.45, 2.75) is 20.3 Å². The Morgan fingerprint density at radius 3 is 2.88 bits per heavy atom. The number of aromatic nitrogens is 2. The fourth-order valence-electron chi connectivity index (χ4n) is 2.75. The van der Waals surface area contributed by atoms with Crippen LogP contribution in [0.4, 0.5) is 10.8 Å². The molecule has 1 aliphatic rings. The van der Waals surface area contributed by atoms with Crippen LogP contribution in [0, 0.1) is 13.8 Å². The Labute approximate surface area is 152 Å². The number of carbonyl (C=O) groups is 2. The second-order valence-electron chi connectivity index (χ2n) is 5.74. The summed E-state index contributed by atoms with van der Waals surface area (Å²) >= 11 is 2.75. The molecule has 8 heteroatoms. The maximum absolute atomic E-state index is 12.4. The van der Waals surface area contributed by atoms with Crippen LogP contribution in [0.2, 0.25) is 0 Å². The molecule has 126 valence electrons. The van der Waals surface area contributed by atoms with Crippen molar-refractivity contribution in [2.75, 3.05) is 10.6 Å². The van der Waals surface area contributed by atoms with Gasteiger partial charge in [0, 0.05) is 16.6 Å². The van der Waals surface area contributed by atoms with Crippen LogP contribution in [0.25, 0.3) is 11.3 Å². The van der Waals surface area contributed by atoms with Crippen molar-refractivity contribution >= 4 is 45.3 Å². The highest BCUT2D eigenvalue weighted by atomic mass is 32.1. The molecule has 1 aromatic carbocycles. The lowest BCUT2D eigenvalue weighted by Crippen LogP contribution is -2.11. The van der Waals surface area contributed by atoms with Gasteiger partial charge in [-0.1, -0.05) is 6.07 Å². The van der Waals surface area contributed by atoms with Gasteiger partial charge in [-0.2, -0.15) is 0 Å². The fourth-order valence-corrected chi connectivity index (χ4v) is 4.28. The highest BCUT2D eigenvalue weighted by Gasteiger charge is 2.19. The summed E-state index contributed by atoms with van der Waals surface area (Å²) in [7, 11) is 0. The van der Waals surface area contributed by atoms with Gasteiger partial charge in [0.1, 0.15) is 4.88 Å². The number of fused-ring (bicyclic) bond motifs is 1. The third-order valence-electron chi connectivity index (χ3n) is 3.86. The molecule has 0 aliphatic carbocycles. The Morgan fingerprint density at radius 2 is 2.12 bits per heavy atom. The summed E-state index contributed by atoms with van der Waals surface area (Å²) < 4.78 is 0. The Kier molecular flexibility index (Phi) is 3.85. The monoisotopic (exact) mass is 370 g/mol. The zero-order valence-corrected chi connectivity index (χ0v) is 15.2.